The first-order valence-corrected chi connectivity index (χ1v) is 4.51. The van der Waals surface area contributed by atoms with Crippen LogP contribution in [-0.4, -0.2) is 12.6 Å². The highest BCUT2D eigenvalue weighted by molar-refractivity contribution is 5.86. The van der Waals surface area contributed by atoms with Crippen molar-refractivity contribution < 1.29 is 9.53 Å². The molecule has 0 N–H and O–H groups in total. The van der Waals surface area contributed by atoms with E-state index in [4.69, 9.17) is 4.74 Å². The van der Waals surface area contributed by atoms with Gasteiger partial charge in [-0.05, 0) is 13.3 Å². The number of hydrogen-bond donors (Lipinski definition) is 0. The van der Waals surface area contributed by atoms with Crippen LogP contribution in [0, 0.1) is 0 Å². The summed E-state index contributed by atoms with van der Waals surface area (Å²) in [6.07, 6.45) is 4.52. The Labute approximate surface area is 86.8 Å². The van der Waals surface area contributed by atoms with Gasteiger partial charge in [-0.3, -0.25) is 0 Å². The molecule has 78 valence electrons. The summed E-state index contributed by atoms with van der Waals surface area (Å²) in [4.78, 5) is 10.9. The molecule has 0 saturated carbocycles. The third kappa shape index (κ3) is 9.41. The monoisotopic (exact) mass is 206 g/mol. The summed E-state index contributed by atoms with van der Waals surface area (Å²) in [6.45, 7) is 7.84. The standard InChI is InChI=1S/C10H18O2.ClH/c1-4-5-6-7-8-12-10(11)9(2)3;/h2,4-8H2,1,3H3;1H. The van der Waals surface area contributed by atoms with Crippen LogP contribution in [0.25, 0.3) is 0 Å². The molecule has 0 unspecified atom stereocenters. The lowest BCUT2D eigenvalue weighted by molar-refractivity contribution is -0.139. The van der Waals surface area contributed by atoms with Crippen molar-refractivity contribution in [2.24, 2.45) is 0 Å². The molecular formula is C10H19ClO2. The summed E-state index contributed by atoms with van der Waals surface area (Å²) >= 11 is 0. The van der Waals surface area contributed by atoms with E-state index in [0.717, 1.165) is 12.8 Å². The molecule has 0 rings (SSSR count). The molecule has 0 spiro atoms. The fourth-order valence-electron chi connectivity index (χ4n) is 0.817. The zero-order valence-corrected chi connectivity index (χ0v) is 9.28. The lowest BCUT2D eigenvalue weighted by atomic mass is 10.2. The van der Waals surface area contributed by atoms with Gasteiger partial charge < -0.3 is 4.74 Å². The van der Waals surface area contributed by atoms with Crippen molar-refractivity contribution in [3.8, 4) is 0 Å². The van der Waals surface area contributed by atoms with Crippen molar-refractivity contribution in [1.82, 2.24) is 0 Å². The third-order valence-corrected chi connectivity index (χ3v) is 1.58. The number of unbranched alkanes of at least 4 members (excludes halogenated alkanes) is 3. The maximum Gasteiger partial charge on any atom is 0.333 e. The molecule has 0 bridgehead atoms. The van der Waals surface area contributed by atoms with Gasteiger partial charge in [0.1, 0.15) is 0 Å². The maximum absolute atomic E-state index is 10.9. The van der Waals surface area contributed by atoms with E-state index in [1.165, 1.54) is 12.8 Å². The molecule has 0 aliphatic rings. The third-order valence-electron chi connectivity index (χ3n) is 1.58. The van der Waals surface area contributed by atoms with Crippen LogP contribution in [0.3, 0.4) is 0 Å². The SMILES string of the molecule is C=C(C)C(=O)OCCCCCC.Cl. The summed E-state index contributed by atoms with van der Waals surface area (Å²) in [5, 5.41) is 0. The molecule has 0 aromatic heterocycles. The second-order valence-electron chi connectivity index (χ2n) is 2.98. The van der Waals surface area contributed by atoms with Gasteiger partial charge in [-0.2, -0.15) is 0 Å². The van der Waals surface area contributed by atoms with Gasteiger partial charge in [-0.25, -0.2) is 4.79 Å². The molecule has 0 aliphatic heterocycles. The average Bonchev–Trinajstić information content (AvgIpc) is 2.03. The first-order chi connectivity index (χ1) is 5.68. The Morgan fingerprint density at radius 3 is 2.38 bits per heavy atom. The van der Waals surface area contributed by atoms with E-state index in [2.05, 4.69) is 13.5 Å². The van der Waals surface area contributed by atoms with Crippen molar-refractivity contribution in [2.45, 2.75) is 39.5 Å². The largest absolute Gasteiger partial charge is 0.462 e. The van der Waals surface area contributed by atoms with E-state index < -0.39 is 0 Å². The van der Waals surface area contributed by atoms with Gasteiger partial charge in [0.2, 0.25) is 0 Å². The Morgan fingerprint density at radius 1 is 1.31 bits per heavy atom. The van der Waals surface area contributed by atoms with E-state index in [1.807, 2.05) is 0 Å². The minimum Gasteiger partial charge on any atom is -0.462 e. The number of halogens is 1. The van der Waals surface area contributed by atoms with Gasteiger partial charge in [0.15, 0.2) is 0 Å². The Morgan fingerprint density at radius 2 is 1.92 bits per heavy atom. The Kier molecular flexibility index (Phi) is 11.1. The molecule has 0 aliphatic carbocycles. The number of carbonyl (C=O) groups excluding carboxylic acids is 1. The van der Waals surface area contributed by atoms with E-state index in [-0.39, 0.29) is 18.4 Å². The predicted molar refractivity (Wildman–Crippen MR) is 57.2 cm³/mol. The molecule has 0 aromatic carbocycles. The molecule has 13 heavy (non-hydrogen) atoms. The number of ether oxygens (including phenoxy) is 1. The first-order valence-electron chi connectivity index (χ1n) is 4.51. The Hall–Kier alpha value is -0.500. The highest BCUT2D eigenvalue weighted by atomic mass is 35.5. The van der Waals surface area contributed by atoms with Crippen LogP contribution in [0.1, 0.15) is 39.5 Å². The molecule has 0 heterocycles. The minimum atomic E-state index is -0.272. The second kappa shape index (κ2) is 9.59. The summed E-state index contributed by atoms with van der Waals surface area (Å²) in [7, 11) is 0. The molecule has 0 aromatic rings. The molecule has 0 radical (unpaired) electrons. The normalized spacial score (nSPS) is 8.77. The van der Waals surface area contributed by atoms with Crippen LogP contribution in [0.5, 0.6) is 0 Å². The first kappa shape index (κ1) is 15.0. The van der Waals surface area contributed by atoms with Crippen molar-refractivity contribution in [2.75, 3.05) is 6.61 Å². The van der Waals surface area contributed by atoms with Crippen LogP contribution in [0.4, 0.5) is 0 Å². The predicted octanol–water partition coefficient (Wildman–Crippen LogP) is 3.11. The van der Waals surface area contributed by atoms with Crippen LogP contribution in [0.15, 0.2) is 12.2 Å². The van der Waals surface area contributed by atoms with Crippen molar-refractivity contribution >= 4 is 18.4 Å². The summed E-state index contributed by atoms with van der Waals surface area (Å²) < 4.78 is 4.91. The van der Waals surface area contributed by atoms with E-state index in [1.54, 1.807) is 6.92 Å². The van der Waals surface area contributed by atoms with Gasteiger partial charge in [-0.1, -0.05) is 32.8 Å². The molecule has 0 amide bonds. The number of carbonyl (C=O) groups is 1. The van der Waals surface area contributed by atoms with Crippen LogP contribution in [-0.2, 0) is 9.53 Å². The van der Waals surface area contributed by atoms with Crippen molar-refractivity contribution in [1.29, 1.82) is 0 Å². The smallest absolute Gasteiger partial charge is 0.333 e. The zero-order chi connectivity index (χ0) is 9.40. The Balaban J connectivity index is 0. The number of rotatable bonds is 6. The quantitative estimate of drug-likeness (QED) is 0.379. The highest BCUT2D eigenvalue weighted by Gasteiger charge is 2.00. The second-order valence-corrected chi connectivity index (χ2v) is 2.98. The molecule has 0 saturated heterocycles. The molecule has 3 heteroatoms. The van der Waals surface area contributed by atoms with Crippen LogP contribution >= 0.6 is 12.4 Å². The van der Waals surface area contributed by atoms with Crippen molar-refractivity contribution in [3.63, 3.8) is 0 Å². The van der Waals surface area contributed by atoms with Gasteiger partial charge in [0, 0.05) is 5.57 Å². The topological polar surface area (TPSA) is 26.3 Å². The van der Waals surface area contributed by atoms with Crippen LogP contribution in [0.2, 0.25) is 0 Å². The number of hydrogen-bond acceptors (Lipinski definition) is 2. The van der Waals surface area contributed by atoms with Crippen LogP contribution < -0.4 is 0 Å². The molecular weight excluding hydrogens is 188 g/mol. The van der Waals surface area contributed by atoms with E-state index >= 15 is 0 Å². The van der Waals surface area contributed by atoms with E-state index in [0.29, 0.717) is 12.2 Å². The molecule has 2 nitrogen and oxygen atoms in total. The summed E-state index contributed by atoms with van der Waals surface area (Å²) in [6, 6.07) is 0. The van der Waals surface area contributed by atoms with Gasteiger partial charge in [0.25, 0.3) is 0 Å². The fraction of sp³-hybridized carbons (Fsp3) is 0.700. The highest BCUT2D eigenvalue weighted by Crippen LogP contribution is 2.00. The lowest BCUT2D eigenvalue weighted by Gasteiger charge is -2.02. The number of esters is 1. The lowest BCUT2D eigenvalue weighted by Crippen LogP contribution is -2.05. The molecule has 0 fully saturated rings. The summed E-state index contributed by atoms with van der Waals surface area (Å²) in [5.74, 6) is -0.272. The average molecular weight is 207 g/mol. The maximum atomic E-state index is 10.9. The minimum absolute atomic E-state index is 0. The zero-order valence-electron chi connectivity index (χ0n) is 8.47. The van der Waals surface area contributed by atoms with Crippen molar-refractivity contribution in [3.05, 3.63) is 12.2 Å². The Bertz CT molecular complexity index is 155. The van der Waals surface area contributed by atoms with Gasteiger partial charge >= 0.3 is 5.97 Å². The fourth-order valence-corrected chi connectivity index (χ4v) is 0.817. The van der Waals surface area contributed by atoms with E-state index in [9.17, 15) is 4.79 Å². The van der Waals surface area contributed by atoms with Gasteiger partial charge in [-0.15, -0.1) is 12.4 Å². The molecule has 0 atom stereocenters. The van der Waals surface area contributed by atoms with Gasteiger partial charge in [0.05, 0.1) is 6.61 Å². The summed E-state index contributed by atoms with van der Waals surface area (Å²) in [5.41, 5.74) is 0.477.